The van der Waals surface area contributed by atoms with Crippen LogP contribution in [0.3, 0.4) is 0 Å². The van der Waals surface area contributed by atoms with E-state index < -0.39 is 13.9 Å². The van der Waals surface area contributed by atoms with Crippen LogP contribution in [-0.4, -0.2) is 75.6 Å². The lowest BCUT2D eigenvalue weighted by molar-refractivity contribution is -0.870. The Kier molecular flexibility index (Phi) is 44.0. The molecule has 0 aromatic carbocycles. The summed E-state index contributed by atoms with van der Waals surface area (Å²) >= 11 is 0. The molecule has 0 aromatic rings. The average molecular weight is 891 g/mol. The molecular formula is C53H97NO7P+. The van der Waals surface area contributed by atoms with Gasteiger partial charge in [-0.3, -0.25) is 13.8 Å². The molecule has 1 N–H and O–H groups in total. The Hall–Kier alpha value is -2.06. The standard InChI is InChI=1S/C53H96NO7P/c1-6-8-10-12-14-16-18-20-22-24-26-27-28-29-31-33-35-37-39-41-43-45-48-58-50-52(51-60-62(56,57)59-49-47-54(3,4)5)61-53(55)46-44-42-40-38-36-34-32-30-25-23-21-19-17-15-13-11-9-7-2/h8,10,14,16,20,22-23,25-27,29,31,52H,6-7,9,11-13,15,17-19,21,24,28,30,32-51H2,1-5H3/p+1/b10-8-,16-14-,22-20-,25-23-,27-26-,31-29-. The van der Waals surface area contributed by atoms with Crippen molar-refractivity contribution in [2.24, 2.45) is 0 Å². The summed E-state index contributed by atoms with van der Waals surface area (Å²) < 4.78 is 35.1. The van der Waals surface area contributed by atoms with E-state index in [-0.39, 0.29) is 25.8 Å². The minimum atomic E-state index is -4.29. The fourth-order valence-electron chi connectivity index (χ4n) is 6.63. The van der Waals surface area contributed by atoms with E-state index in [4.69, 9.17) is 18.5 Å². The third kappa shape index (κ3) is 49.0. The molecule has 0 aliphatic carbocycles. The Bertz CT molecular complexity index is 1220. The molecule has 0 radical (unpaired) electrons. The summed E-state index contributed by atoms with van der Waals surface area (Å²) in [5.41, 5.74) is 0. The summed E-state index contributed by atoms with van der Waals surface area (Å²) in [6, 6.07) is 0. The van der Waals surface area contributed by atoms with E-state index in [1.165, 1.54) is 103 Å². The Morgan fingerprint density at radius 2 is 0.935 bits per heavy atom. The van der Waals surface area contributed by atoms with Gasteiger partial charge in [-0.2, -0.15) is 0 Å². The first-order valence-corrected chi connectivity index (χ1v) is 26.7. The zero-order valence-electron chi connectivity index (χ0n) is 40.8. The molecule has 62 heavy (non-hydrogen) atoms. The second-order valence-electron chi connectivity index (χ2n) is 17.8. The highest BCUT2D eigenvalue weighted by Crippen LogP contribution is 2.43. The van der Waals surface area contributed by atoms with Gasteiger partial charge in [-0.25, -0.2) is 4.57 Å². The van der Waals surface area contributed by atoms with Gasteiger partial charge in [-0.1, -0.05) is 183 Å². The van der Waals surface area contributed by atoms with Crippen LogP contribution in [0, 0.1) is 0 Å². The number of likely N-dealkylation sites (N-methyl/N-ethyl adjacent to an activating group) is 1. The number of nitrogens with zero attached hydrogens (tertiary/aromatic N) is 1. The molecule has 2 unspecified atom stereocenters. The van der Waals surface area contributed by atoms with Crippen LogP contribution >= 0.6 is 7.82 Å². The van der Waals surface area contributed by atoms with Crippen LogP contribution < -0.4 is 0 Å². The highest BCUT2D eigenvalue weighted by Gasteiger charge is 2.26. The van der Waals surface area contributed by atoms with Crippen LogP contribution in [0.5, 0.6) is 0 Å². The summed E-state index contributed by atoms with van der Waals surface area (Å²) in [7, 11) is 1.65. The quantitative estimate of drug-likeness (QED) is 0.0214. The van der Waals surface area contributed by atoms with Crippen molar-refractivity contribution in [2.75, 3.05) is 54.1 Å². The number of esters is 1. The topological polar surface area (TPSA) is 91.3 Å². The van der Waals surface area contributed by atoms with E-state index in [2.05, 4.69) is 86.8 Å². The minimum Gasteiger partial charge on any atom is -0.457 e. The number of rotatable bonds is 46. The average Bonchev–Trinajstić information content (AvgIpc) is 3.23. The van der Waals surface area contributed by atoms with Gasteiger partial charge in [0.1, 0.15) is 19.3 Å². The van der Waals surface area contributed by atoms with Gasteiger partial charge in [0.05, 0.1) is 34.4 Å². The molecule has 0 aliphatic heterocycles. The van der Waals surface area contributed by atoms with Crippen molar-refractivity contribution in [3.63, 3.8) is 0 Å². The third-order valence-electron chi connectivity index (χ3n) is 10.5. The molecular weight excluding hydrogens is 794 g/mol. The van der Waals surface area contributed by atoms with Crippen molar-refractivity contribution in [1.82, 2.24) is 0 Å². The second kappa shape index (κ2) is 45.5. The van der Waals surface area contributed by atoms with E-state index in [0.29, 0.717) is 24.1 Å². The van der Waals surface area contributed by atoms with Gasteiger partial charge < -0.3 is 18.9 Å². The number of carbonyl (C=O) groups is 1. The summed E-state index contributed by atoms with van der Waals surface area (Å²) in [5.74, 6) is -0.325. The normalized spacial score (nSPS) is 14.2. The molecule has 0 heterocycles. The van der Waals surface area contributed by atoms with Gasteiger partial charge >= 0.3 is 13.8 Å². The van der Waals surface area contributed by atoms with Crippen LogP contribution in [0.4, 0.5) is 0 Å². The van der Waals surface area contributed by atoms with Gasteiger partial charge in [0.25, 0.3) is 0 Å². The predicted octanol–water partition coefficient (Wildman–Crippen LogP) is 15.4. The molecule has 0 aliphatic rings. The van der Waals surface area contributed by atoms with Gasteiger partial charge in [0.2, 0.25) is 0 Å². The summed E-state index contributed by atoms with van der Waals surface area (Å²) in [6.45, 7) is 5.47. The Morgan fingerprint density at radius 1 is 0.516 bits per heavy atom. The highest BCUT2D eigenvalue weighted by molar-refractivity contribution is 7.47. The molecule has 8 nitrogen and oxygen atoms in total. The molecule has 0 fully saturated rings. The third-order valence-corrected chi connectivity index (χ3v) is 11.5. The Labute approximate surface area is 383 Å². The van der Waals surface area contributed by atoms with Crippen molar-refractivity contribution in [2.45, 2.75) is 206 Å². The molecule has 0 amide bonds. The summed E-state index contributed by atoms with van der Waals surface area (Å²) in [6.07, 6.45) is 59.4. The van der Waals surface area contributed by atoms with Gasteiger partial charge in [0.15, 0.2) is 0 Å². The van der Waals surface area contributed by atoms with Crippen molar-refractivity contribution < 1.29 is 37.3 Å². The van der Waals surface area contributed by atoms with Crippen molar-refractivity contribution in [1.29, 1.82) is 0 Å². The van der Waals surface area contributed by atoms with Gasteiger partial charge in [-0.05, 0) is 83.5 Å². The van der Waals surface area contributed by atoms with Gasteiger partial charge in [-0.15, -0.1) is 0 Å². The molecule has 0 rings (SSSR count). The van der Waals surface area contributed by atoms with E-state index in [1.807, 2.05) is 21.1 Å². The monoisotopic (exact) mass is 891 g/mol. The first-order chi connectivity index (χ1) is 30.1. The first-order valence-electron chi connectivity index (χ1n) is 25.2. The van der Waals surface area contributed by atoms with Crippen LogP contribution in [0.1, 0.15) is 200 Å². The number of quaternary nitrogens is 1. The van der Waals surface area contributed by atoms with E-state index in [0.717, 1.165) is 77.0 Å². The minimum absolute atomic E-state index is 0.0814. The number of hydrogen-bond donors (Lipinski definition) is 1. The lowest BCUT2D eigenvalue weighted by Crippen LogP contribution is -2.37. The second-order valence-corrected chi connectivity index (χ2v) is 19.3. The smallest absolute Gasteiger partial charge is 0.457 e. The maximum atomic E-state index is 12.8. The number of allylic oxidation sites excluding steroid dienone is 12. The van der Waals surface area contributed by atoms with Crippen molar-refractivity contribution in [3.05, 3.63) is 72.9 Å². The lowest BCUT2D eigenvalue weighted by atomic mass is 10.1. The molecule has 0 saturated heterocycles. The fourth-order valence-corrected chi connectivity index (χ4v) is 7.37. The maximum Gasteiger partial charge on any atom is 0.472 e. The zero-order chi connectivity index (χ0) is 45.5. The van der Waals surface area contributed by atoms with E-state index >= 15 is 0 Å². The number of ether oxygens (including phenoxy) is 2. The lowest BCUT2D eigenvalue weighted by Gasteiger charge is -2.24. The summed E-state index contributed by atoms with van der Waals surface area (Å²) in [4.78, 5) is 23.0. The van der Waals surface area contributed by atoms with E-state index in [1.54, 1.807) is 0 Å². The SMILES string of the molecule is CC/C=C\C/C=C\C/C=C\C/C=C\C/C=C\CCCCCCCCOCC(COP(=O)(O)OCC[N+](C)(C)C)OC(=O)CCCCCCCCC/C=C\CCCCCCCCC. The zero-order valence-corrected chi connectivity index (χ0v) is 41.7. The van der Waals surface area contributed by atoms with Crippen LogP contribution in [0.2, 0.25) is 0 Å². The molecule has 0 spiro atoms. The predicted molar refractivity (Wildman–Crippen MR) is 265 cm³/mol. The first kappa shape index (κ1) is 59.9. The van der Waals surface area contributed by atoms with Crippen molar-refractivity contribution in [3.8, 4) is 0 Å². The Balaban J connectivity index is 4.21. The van der Waals surface area contributed by atoms with Crippen LogP contribution in [0.25, 0.3) is 0 Å². The van der Waals surface area contributed by atoms with E-state index in [9.17, 15) is 14.3 Å². The number of carbonyl (C=O) groups excluding carboxylic acids is 1. The molecule has 0 saturated carbocycles. The molecule has 0 bridgehead atoms. The number of phosphoric acid groups is 1. The maximum absolute atomic E-state index is 12.8. The fraction of sp³-hybridized carbons (Fsp3) is 0.755. The summed E-state index contributed by atoms with van der Waals surface area (Å²) in [5, 5.41) is 0. The molecule has 0 aromatic heterocycles. The van der Waals surface area contributed by atoms with Crippen LogP contribution in [0.15, 0.2) is 72.9 Å². The molecule has 9 heteroatoms. The molecule has 2 atom stereocenters. The van der Waals surface area contributed by atoms with Gasteiger partial charge in [0, 0.05) is 13.0 Å². The number of hydrogen-bond acceptors (Lipinski definition) is 6. The Morgan fingerprint density at radius 3 is 1.42 bits per heavy atom. The van der Waals surface area contributed by atoms with Crippen LogP contribution in [-0.2, 0) is 27.9 Å². The highest BCUT2D eigenvalue weighted by atomic mass is 31.2. The number of unbranched alkanes of at least 4 members (excludes halogenated alkanes) is 20. The van der Waals surface area contributed by atoms with Crippen molar-refractivity contribution >= 4 is 13.8 Å². The number of phosphoric ester groups is 1. The molecule has 360 valence electrons. The largest absolute Gasteiger partial charge is 0.472 e.